The van der Waals surface area contributed by atoms with Crippen LogP contribution >= 0.6 is 0 Å². The summed E-state index contributed by atoms with van der Waals surface area (Å²) in [6.07, 6.45) is 7.01. The molecule has 3 N–H and O–H groups in total. The van der Waals surface area contributed by atoms with Crippen LogP contribution in [-0.4, -0.2) is 52.1 Å². The number of para-hydroxylation sites is 1. The number of ether oxygens (including phenoxy) is 1. The number of hydrogen-bond donors (Lipinski definition) is 2. The van der Waals surface area contributed by atoms with E-state index in [1.807, 2.05) is 24.3 Å². The highest BCUT2D eigenvalue weighted by molar-refractivity contribution is 5.97. The van der Waals surface area contributed by atoms with E-state index in [9.17, 15) is 4.79 Å². The zero-order valence-corrected chi connectivity index (χ0v) is 18.0. The normalized spacial score (nSPS) is 17.4. The summed E-state index contributed by atoms with van der Waals surface area (Å²) in [6, 6.07) is 7.69. The highest BCUT2D eigenvalue weighted by atomic mass is 16.5. The van der Waals surface area contributed by atoms with Gasteiger partial charge in [-0.05, 0) is 18.9 Å². The average molecular weight is 434 g/mol. The van der Waals surface area contributed by atoms with Gasteiger partial charge in [-0.25, -0.2) is 9.97 Å². The highest BCUT2D eigenvalue weighted by Crippen LogP contribution is 2.31. The number of hydrogen-bond acceptors (Lipinski definition) is 8. The van der Waals surface area contributed by atoms with E-state index in [-0.39, 0.29) is 17.8 Å². The molecule has 0 unspecified atom stereocenters. The first kappa shape index (κ1) is 20.6. The van der Waals surface area contributed by atoms with E-state index in [0.717, 1.165) is 36.9 Å². The molecule has 0 spiro atoms. The van der Waals surface area contributed by atoms with Crippen LogP contribution in [0.4, 0.5) is 17.5 Å². The Morgan fingerprint density at radius 2 is 1.84 bits per heavy atom. The first-order chi connectivity index (χ1) is 15.7. The number of benzene rings is 1. The van der Waals surface area contributed by atoms with Crippen LogP contribution in [0.25, 0.3) is 22.4 Å². The maximum Gasteiger partial charge on any atom is 0.227 e. The van der Waals surface area contributed by atoms with Crippen molar-refractivity contribution in [3.63, 3.8) is 0 Å². The molecule has 166 valence electrons. The van der Waals surface area contributed by atoms with Crippen LogP contribution in [0.1, 0.15) is 32.1 Å². The van der Waals surface area contributed by atoms with Gasteiger partial charge >= 0.3 is 0 Å². The van der Waals surface area contributed by atoms with Crippen molar-refractivity contribution in [1.29, 1.82) is 0 Å². The minimum atomic E-state index is 0.0730. The number of anilines is 3. The van der Waals surface area contributed by atoms with Crippen LogP contribution in [0.5, 0.6) is 0 Å². The molecule has 0 atom stereocenters. The molecule has 1 amide bonds. The quantitative estimate of drug-likeness (QED) is 0.644. The Bertz CT molecular complexity index is 1120. The number of nitrogens with two attached hydrogens (primary N) is 1. The van der Waals surface area contributed by atoms with E-state index in [2.05, 4.69) is 25.2 Å². The lowest BCUT2D eigenvalue weighted by molar-refractivity contribution is -0.120. The second-order valence-electron chi connectivity index (χ2n) is 8.30. The Balaban J connectivity index is 1.51. The number of fused-ring (bicyclic) bond motifs is 1. The molecule has 3 aromatic rings. The van der Waals surface area contributed by atoms with Crippen LogP contribution in [-0.2, 0) is 9.53 Å². The molecule has 1 aliphatic heterocycles. The van der Waals surface area contributed by atoms with E-state index in [4.69, 9.17) is 15.5 Å². The monoisotopic (exact) mass is 433 g/mol. The summed E-state index contributed by atoms with van der Waals surface area (Å²) in [6.45, 7) is 2.64. The first-order valence-electron chi connectivity index (χ1n) is 11.2. The molecule has 2 fully saturated rings. The third-order valence-corrected chi connectivity index (χ3v) is 6.15. The molecule has 2 aromatic heterocycles. The minimum Gasteiger partial charge on any atom is -0.378 e. The molecule has 3 heterocycles. The smallest absolute Gasteiger partial charge is 0.227 e. The van der Waals surface area contributed by atoms with Crippen LogP contribution in [0.15, 0.2) is 30.5 Å². The summed E-state index contributed by atoms with van der Waals surface area (Å²) in [7, 11) is 0. The SMILES string of the molecule is Nc1nc(N2CCOCC2)c2nc(-c3ccccc3NC(=O)C3CCCCC3)cnc2n1. The first-order valence-corrected chi connectivity index (χ1v) is 11.2. The van der Waals surface area contributed by atoms with Gasteiger partial charge in [0.1, 0.15) is 0 Å². The molecule has 1 aliphatic carbocycles. The standard InChI is InChI=1S/C23H27N7O2/c24-23-28-20-19(21(29-23)30-10-12-32-13-11-30)26-18(14-25-20)16-8-4-5-9-17(16)27-22(31)15-6-2-1-3-7-15/h4-5,8-9,14-15H,1-3,6-7,10-13H2,(H,27,31)(H2,24,25,28,29). The Morgan fingerprint density at radius 1 is 1.06 bits per heavy atom. The summed E-state index contributed by atoms with van der Waals surface area (Å²) < 4.78 is 5.47. The largest absolute Gasteiger partial charge is 0.378 e. The Labute approximate surface area is 186 Å². The average Bonchev–Trinajstić information content (AvgIpc) is 2.85. The van der Waals surface area contributed by atoms with Crippen molar-refractivity contribution in [3.8, 4) is 11.3 Å². The summed E-state index contributed by atoms with van der Waals surface area (Å²) in [5, 5.41) is 3.13. The molecule has 32 heavy (non-hydrogen) atoms. The van der Waals surface area contributed by atoms with Crippen molar-refractivity contribution in [2.45, 2.75) is 32.1 Å². The summed E-state index contributed by atoms with van der Waals surface area (Å²) in [5.41, 5.74) is 9.18. The second-order valence-corrected chi connectivity index (χ2v) is 8.30. The van der Waals surface area contributed by atoms with Crippen molar-refractivity contribution in [1.82, 2.24) is 19.9 Å². The zero-order valence-electron chi connectivity index (χ0n) is 18.0. The van der Waals surface area contributed by atoms with Gasteiger partial charge in [0.15, 0.2) is 17.0 Å². The van der Waals surface area contributed by atoms with Gasteiger partial charge < -0.3 is 20.7 Å². The molecule has 0 radical (unpaired) electrons. The molecule has 1 aromatic carbocycles. The van der Waals surface area contributed by atoms with E-state index >= 15 is 0 Å². The van der Waals surface area contributed by atoms with E-state index in [1.165, 1.54) is 6.42 Å². The fourth-order valence-corrected chi connectivity index (χ4v) is 4.45. The van der Waals surface area contributed by atoms with Crippen LogP contribution in [0.3, 0.4) is 0 Å². The molecule has 5 rings (SSSR count). The van der Waals surface area contributed by atoms with Crippen molar-refractivity contribution in [2.24, 2.45) is 5.92 Å². The zero-order chi connectivity index (χ0) is 21.9. The fraction of sp³-hybridized carbons (Fsp3) is 0.435. The molecule has 1 saturated carbocycles. The van der Waals surface area contributed by atoms with Gasteiger partial charge in [0.05, 0.1) is 30.8 Å². The van der Waals surface area contributed by atoms with Gasteiger partial charge in [-0.3, -0.25) is 4.79 Å². The number of carbonyl (C=O) groups excluding carboxylic acids is 1. The number of nitrogens with zero attached hydrogens (tertiary/aromatic N) is 5. The summed E-state index contributed by atoms with van der Waals surface area (Å²) in [4.78, 5) is 33.1. The number of nitrogens with one attached hydrogen (secondary N) is 1. The van der Waals surface area contributed by atoms with Gasteiger partial charge in [-0.1, -0.05) is 37.5 Å². The predicted octanol–water partition coefficient (Wildman–Crippen LogP) is 3.02. The molecular weight excluding hydrogens is 406 g/mol. The number of nitrogen functional groups attached to an aromatic ring is 1. The molecule has 1 saturated heterocycles. The third-order valence-electron chi connectivity index (χ3n) is 6.15. The van der Waals surface area contributed by atoms with Gasteiger partial charge in [0.2, 0.25) is 11.9 Å². The van der Waals surface area contributed by atoms with Gasteiger partial charge in [0.25, 0.3) is 0 Å². The van der Waals surface area contributed by atoms with E-state index < -0.39 is 0 Å². The Kier molecular flexibility index (Phi) is 5.81. The minimum absolute atomic E-state index is 0.0730. The van der Waals surface area contributed by atoms with E-state index in [1.54, 1.807) is 6.20 Å². The lowest BCUT2D eigenvalue weighted by Gasteiger charge is -2.28. The molecule has 2 aliphatic rings. The maximum atomic E-state index is 12.9. The van der Waals surface area contributed by atoms with Gasteiger partial charge in [0, 0.05) is 24.6 Å². The Morgan fingerprint density at radius 3 is 2.66 bits per heavy atom. The van der Waals surface area contributed by atoms with Crippen LogP contribution in [0, 0.1) is 5.92 Å². The van der Waals surface area contributed by atoms with Gasteiger partial charge in [-0.2, -0.15) is 9.97 Å². The van der Waals surface area contributed by atoms with Gasteiger partial charge in [-0.15, -0.1) is 0 Å². The lowest BCUT2D eigenvalue weighted by atomic mass is 9.88. The number of amides is 1. The molecule has 9 heteroatoms. The molecule has 0 bridgehead atoms. The second kappa shape index (κ2) is 9.04. The topological polar surface area (TPSA) is 119 Å². The van der Waals surface area contributed by atoms with E-state index in [0.29, 0.717) is 49.0 Å². The lowest BCUT2D eigenvalue weighted by Crippen LogP contribution is -2.37. The van der Waals surface area contributed by atoms with Crippen LogP contribution < -0.4 is 16.0 Å². The van der Waals surface area contributed by atoms with Crippen LogP contribution in [0.2, 0.25) is 0 Å². The number of aromatic nitrogens is 4. The predicted molar refractivity (Wildman–Crippen MR) is 123 cm³/mol. The van der Waals surface area contributed by atoms with Crippen molar-refractivity contribution in [2.75, 3.05) is 42.3 Å². The number of morpholine rings is 1. The summed E-state index contributed by atoms with van der Waals surface area (Å²) in [5.74, 6) is 0.981. The molecular formula is C23H27N7O2. The summed E-state index contributed by atoms with van der Waals surface area (Å²) >= 11 is 0. The number of rotatable bonds is 4. The Hall–Kier alpha value is -3.33. The molecule has 9 nitrogen and oxygen atoms in total. The highest BCUT2D eigenvalue weighted by Gasteiger charge is 2.23. The van der Waals surface area contributed by atoms with Crippen molar-refractivity contribution < 1.29 is 9.53 Å². The van der Waals surface area contributed by atoms with Crippen molar-refractivity contribution in [3.05, 3.63) is 30.5 Å². The fourth-order valence-electron chi connectivity index (χ4n) is 4.45. The maximum absolute atomic E-state index is 12.9. The third kappa shape index (κ3) is 4.20. The van der Waals surface area contributed by atoms with Crippen molar-refractivity contribution >= 4 is 34.5 Å². The number of carbonyl (C=O) groups is 1.